The summed E-state index contributed by atoms with van der Waals surface area (Å²) in [5.74, 6) is -0.996. The minimum Gasteiger partial charge on any atom is -0.478 e. The number of benzene rings is 2. The molecule has 238 valence electrons. The monoisotopic (exact) mass is 638 g/mol. The number of carbonyl (C=O) groups is 2. The van der Waals surface area contributed by atoms with Crippen LogP contribution >= 0.6 is 0 Å². The summed E-state index contributed by atoms with van der Waals surface area (Å²) in [6.45, 7) is 2.76. The number of anilines is 1. The van der Waals surface area contributed by atoms with Crippen LogP contribution in [0.25, 0.3) is 22.6 Å². The number of amides is 1. The fourth-order valence-corrected chi connectivity index (χ4v) is 6.20. The second-order valence-electron chi connectivity index (χ2n) is 11.0. The predicted octanol–water partition coefficient (Wildman–Crippen LogP) is 5.43. The van der Waals surface area contributed by atoms with E-state index >= 15 is 0 Å². The van der Waals surface area contributed by atoms with Gasteiger partial charge in [0.25, 0.3) is 5.91 Å². The first-order chi connectivity index (χ1) is 21.5. The Bertz CT molecular complexity index is 1780. The number of hydrogen-bond acceptors (Lipinski definition) is 7. The topological polar surface area (TPSA) is 135 Å². The van der Waals surface area contributed by atoms with Crippen LogP contribution in [-0.2, 0) is 26.1 Å². The molecule has 45 heavy (non-hydrogen) atoms. The van der Waals surface area contributed by atoms with E-state index in [1.807, 2.05) is 6.92 Å². The summed E-state index contributed by atoms with van der Waals surface area (Å²) in [5, 5.41) is 11.7. The third-order valence-corrected chi connectivity index (χ3v) is 8.92. The number of nitrogens with one attached hydrogen (secondary N) is 1. The van der Waals surface area contributed by atoms with Gasteiger partial charge in [-0.3, -0.25) is 9.10 Å². The highest BCUT2D eigenvalue weighted by Crippen LogP contribution is 2.53. The highest BCUT2D eigenvalue weighted by atomic mass is 32.2. The van der Waals surface area contributed by atoms with Crippen molar-refractivity contribution in [3.05, 3.63) is 88.2 Å². The number of aromatic carboxylic acids is 1. The maximum Gasteiger partial charge on any atom is 0.335 e. The molecule has 1 fully saturated rings. The molecule has 0 saturated heterocycles. The number of halogens is 1. The molecule has 1 saturated carbocycles. The molecule has 0 bridgehead atoms. The first kappa shape index (κ1) is 32.1. The molecule has 2 N–H and O–H groups in total. The van der Waals surface area contributed by atoms with E-state index in [0.29, 0.717) is 22.6 Å². The molecule has 5 rings (SSSR count). The van der Waals surface area contributed by atoms with Gasteiger partial charge in [0.15, 0.2) is 0 Å². The maximum absolute atomic E-state index is 13.6. The minimum absolute atomic E-state index is 0.0533. The van der Waals surface area contributed by atoms with Gasteiger partial charge in [-0.2, -0.15) is 0 Å². The van der Waals surface area contributed by atoms with Crippen molar-refractivity contribution >= 4 is 27.6 Å². The first-order valence-corrected chi connectivity index (χ1v) is 16.4. The van der Waals surface area contributed by atoms with Crippen molar-refractivity contribution in [3.8, 4) is 22.6 Å². The van der Waals surface area contributed by atoms with Gasteiger partial charge in [-0.05, 0) is 84.8 Å². The highest BCUT2D eigenvalue weighted by molar-refractivity contribution is 7.92. The van der Waals surface area contributed by atoms with Gasteiger partial charge in [0.05, 0.1) is 56.0 Å². The number of aryl methyl sites for hydroxylation is 1. The number of carboxylic acids is 1. The van der Waals surface area contributed by atoms with E-state index in [9.17, 15) is 22.4 Å². The van der Waals surface area contributed by atoms with E-state index in [-0.39, 0.29) is 61.7 Å². The van der Waals surface area contributed by atoms with Crippen LogP contribution < -0.4 is 9.62 Å². The Morgan fingerprint density at radius 3 is 2.38 bits per heavy atom. The highest BCUT2D eigenvalue weighted by Gasteiger charge is 2.37. The van der Waals surface area contributed by atoms with Crippen LogP contribution in [0, 0.1) is 12.7 Å². The van der Waals surface area contributed by atoms with Gasteiger partial charge in [-0.15, -0.1) is 0 Å². The Morgan fingerprint density at radius 1 is 1.04 bits per heavy atom. The molecule has 10 nitrogen and oxygen atoms in total. The summed E-state index contributed by atoms with van der Waals surface area (Å²) in [6, 6.07) is 13.9. The Morgan fingerprint density at radius 2 is 1.76 bits per heavy atom. The van der Waals surface area contributed by atoms with Crippen molar-refractivity contribution in [1.29, 1.82) is 0 Å². The fourth-order valence-electron chi connectivity index (χ4n) is 5.29. The zero-order chi connectivity index (χ0) is 32.3. The molecule has 2 aromatic carbocycles. The molecule has 2 aliphatic carbocycles. The van der Waals surface area contributed by atoms with Crippen molar-refractivity contribution in [2.24, 2.45) is 0 Å². The lowest BCUT2D eigenvalue weighted by atomic mass is 10.0. The van der Waals surface area contributed by atoms with E-state index in [4.69, 9.17) is 19.0 Å². The van der Waals surface area contributed by atoms with Crippen LogP contribution in [0.2, 0.25) is 0 Å². The van der Waals surface area contributed by atoms with E-state index in [2.05, 4.69) is 5.32 Å². The zero-order valence-corrected chi connectivity index (χ0v) is 26.1. The lowest BCUT2D eigenvalue weighted by Gasteiger charge is -2.23. The van der Waals surface area contributed by atoms with Crippen LogP contribution in [0.15, 0.2) is 59.0 Å². The lowest BCUT2D eigenvalue weighted by molar-refractivity contribution is 0.0434. The van der Waals surface area contributed by atoms with Crippen molar-refractivity contribution in [2.45, 2.75) is 32.3 Å². The van der Waals surface area contributed by atoms with Gasteiger partial charge >= 0.3 is 5.97 Å². The maximum atomic E-state index is 13.6. The average molecular weight is 639 g/mol. The van der Waals surface area contributed by atoms with Gasteiger partial charge < -0.3 is 24.3 Å². The Balaban J connectivity index is 1.32. The van der Waals surface area contributed by atoms with E-state index < -0.39 is 21.8 Å². The number of rotatable bonds is 14. The largest absolute Gasteiger partial charge is 0.478 e. The van der Waals surface area contributed by atoms with Crippen LogP contribution in [-0.4, -0.2) is 65.1 Å². The molecule has 1 heterocycles. The first-order valence-electron chi connectivity index (χ1n) is 14.5. The zero-order valence-electron chi connectivity index (χ0n) is 25.3. The molecular weight excluding hydrogens is 603 g/mol. The van der Waals surface area contributed by atoms with Gasteiger partial charge in [0.1, 0.15) is 17.3 Å². The normalized spacial score (nSPS) is 13.2. The summed E-state index contributed by atoms with van der Waals surface area (Å²) in [5.41, 5.74) is 4.62. The van der Waals surface area contributed by atoms with Crippen LogP contribution in [0.4, 0.5) is 10.1 Å². The van der Waals surface area contributed by atoms with Gasteiger partial charge in [-0.25, -0.2) is 17.6 Å². The van der Waals surface area contributed by atoms with Crippen LogP contribution in [0.5, 0.6) is 0 Å². The molecule has 3 aliphatic rings. The molecule has 0 atom stereocenters. The van der Waals surface area contributed by atoms with Crippen molar-refractivity contribution < 1.29 is 41.4 Å². The molecule has 1 amide bonds. The second kappa shape index (κ2) is 13.4. The van der Waals surface area contributed by atoms with Gasteiger partial charge in [-0.1, -0.05) is 6.07 Å². The number of ether oxygens (including phenoxy) is 2. The van der Waals surface area contributed by atoms with E-state index in [1.54, 1.807) is 24.3 Å². The SMILES string of the molecule is CNC(=O)c1cc2c(C3CC3)c(N(CCOCCOCc3ccc(C(=O)O)cc3C)S(C)(=O)=O)cc-2oc1-c1ccc(F)cc1. The van der Waals surface area contributed by atoms with Gasteiger partial charge in [0, 0.05) is 24.2 Å². The summed E-state index contributed by atoms with van der Waals surface area (Å²) in [4.78, 5) is 24.0. The van der Waals surface area contributed by atoms with Crippen molar-refractivity contribution in [1.82, 2.24) is 5.32 Å². The molecule has 0 radical (unpaired) electrons. The molecule has 0 aromatic heterocycles. The summed E-state index contributed by atoms with van der Waals surface area (Å²) in [7, 11) is -2.21. The summed E-state index contributed by atoms with van der Waals surface area (Å²) >= 11 is 0. The Hall–Kier alpha value is -4.26. The number of carboxylic acid groups (broad SMARTS) is 1. The van der Waals surface area contributed by atoms with Gasteiger partial charge in [0.2, 0.25) is 10.0 Å². The standard InChI is InChI=1S/C33H35FN2O8S/c1-20-16-23(33(38)39)6-7-24(20)19-43-15-14-42-13-12-36(45(3,40)41)28-18-29-26(30(28)21-4-5-21)17-27(32(37)35-2)31(44-29)22-8-10-25(34)11-9-22/h6-11,16-18,21H,4-5,12-15,19H2,1-3H3,(H,35,37)(H,38,39). The quantitative estimate of drug-likeness (QED) is 0.175. The van der Waals surface area contributed by atoms with Crippen molar-refractivity contribution in [3.63, 3.8) is 0 Å². The Kier molecular flexibility index (Phi) is 9.56. The molecular formula is C33H35FN2O8S. The average Bonchev–Trinajstić information content (AvgIpc) is 3.77. The number of nitrogens with zero attached hydrogens (tertiary/aromatic N) is 1. The second-order valence-corrected chi connectivity index (χ2v) is 12.9. The van der Waals surface area contributed by atoms with Crippen molar-refractivity contribution in [2.75, 3.05) is 44.0 Å². The molecule has 2 aromatic rings. The lowest BCUT2D eigenvalue weighted by Crippen LogP contribution is -2.33. The molecule has 12 heteroatoms. The smallest absolute Gasteiger partial charge is 0.335 e. The van der Waals surface area contributed by atoms with E-state index in [0.717, 1.165) is 35.8 Å². The third-order valence-electron chi connectivity index (χ3n) is 7.74. The number of fused-ring (bicyclic) bond motifs is 1. The summed E-state index contributed by atoms with van der Waals surface area (Å²) in [6.07, 6.45) is 2.90. The number of carbonyl (C=O) groups excluding carboxylic acids is 1. The number of hydrogen-bond donors (Lipinski definition) is 2. The van der Waals surface area contributed by atoms with Crippen LogP contribution in [0.3, 0.4) is 0 Å². The molecule has 0 unspecified atom stereocenters. The fraction of sp³-hybridized carbons (Fsp3) is 0.333. The third kappa shape index (κ3) is 7.35. The molecule has 0 spiro atoms. The number of sulfonamides is 1. The van der Waals surface area contributed by atoms with E-state index in [1.165, 1.54) is 41.7 Å². The Labute approximate surface area is 261 Å². The summed E-state index contributed by atoms with van der Waals surface area (Å²) < 4.78 is 58.7. The predicted molar refractivity (Wildman–Crippen MR) is 167 cm³/mol. The van der Waals surface area contributed by atoms with Crippen LogP contribution in [0.1, 0.15) is 56.2 Å². The molecule has 1 aliphatic heterocycles. The minimum atomic E-state index is -3.72.